The van der Waals surface area contributed by atoms with Gasteiger partial charge < -0.3 is 5.32 Å². The van der Waals surface area contributed by atoms with E-state index in [1.165, 1.54) is 5.56 Å². The van der Waals surface area contributed by atoms with Gasteiger partial charge in [0.1, 0.15) is 0 Å². The number of amides is 1. The molecule has 0 fully saturated rings. The maximum absolute atomic E-state index is 11.9. The van der Waals surface area contributed by atoms with E-state index in [0.717, 1.165) is 5.56 Å². The van der Waals surface area contributed by atoms with Gasteiger partial charge in [-0.3, -0.25) is 4.79 Å². The molecule has 2 aromatic rings. The van der Waals surface area contributed by atoms with Crippen LogP contribution in [0.15, 0.2) is 42.5 Å². The molecule has 0 aromatic heterocycles. The summed E-state index contributed by atoms with van der Waals surface area (Å²) in [7, 11) is 0. The monoisotopic (exact) mass is 307 g/mol. The summed E-state index contributed by atoms with van der Waals surface area (Å²) in [6.07, 6.45) is 1.08. The Hall–Kier alpha value is -1.51. The first-order valence-electron chi connectivity index (χ1n) is 6.35. The van der Waals surface area contributed by atoms with E-state index in [1.807, 2.05) is 31.2 Å². The summed E-state index contributed by atoms with van der Waals surface area (Å²) in [5, 5.41) is 3.65. The third-order valence-corrected chi connectivity index (χ3v) is 3.62. The summed E-state index contributed by atoms with van der Waals surface area (Å²) in [6, 6.07) is 13.3. The van der Waals surface area contributed by atoms with Crippen LogP contribution in [0, 0.1) is 6.92 Å². The summed E-state index contributed by atoms with van der Waals surface area (Å²) in [4.78, 5) is 11.9. The van der Waals surface area contributed by atoms with Crippen molar-refractivity contribution in [3.05, 3.63) is 63.6 Å². The zero-order valence-corrected chi connectivity index (χ0v) is 12.6. The molecule has 2 aromatic carbocycles. The molecule has 0 spiro atoms. The predicted octanol–water partition coefficient (Wildman–Crippen LogP) is 4.87. The third kappa shape index (κ3) is 3.99. The predicted molar refractivity (Wildman–Crippen MR) is 84.6 cm³/mol. The topological polar surface area (TPSA) is 29.1 Å². The number of hydrogen-bond donors (Lipinski definition) is 1. The van der Waals surface area contributed by atoms with Gasteiger partial charge in [0, 0.05) is 6.42 Å². The fraction of sp³-hybridized carbons (Fsp3) is 0.188. The van der Waals surface area contributed by atoms with E-state index in [2.05, 4.69) is 5.32 Å². The molecule has 0 bridgehead atoms. The maximum atomic E-state index is 11.9. The van der Waals surface area contributed by atoms with Crippen LogP contribution < -0.4 is 5.32 Å². The number of rotatable bonds is 4. The summed E-state index contributed by atoms with van der Waals surface area (Å²) in [5.74, 6) is -0.0967. The van der Waals surface area contributed by atoms with Gasteiger partial charge in [-0.05, 0) is 31.0 Å². The van der Waals surface area contributed by atoms with E-state index in [4.69, 9.17) is 23.2 Å². The second-order valence-electron chi connectivity index (χ2n) is 4.63. The van der Waals surface area contributed by atoms with Gasteiger partial charge in [0.05, 0.1) is 15.7 Å². The molecule has 1 N–H and O–H groups in total. The van der Waals surface area contributed by atoms with Gasteiger partial charge in [-0.2, -0.15) is 0 Å². The van der Waals surface area contributed by atoms with Crippen LogP contribution in [0.2, 0.25) is 10.0 Å². The normalized spacial score (nSPS) is 10.3. The van der Waals surface area contributed by atoms with Crippen LogP contribution in [0.25, 0.3) is 0 Å². The minimum Gasteiger partial charge on any atom is -0.324 e. The zero-order valence-electron chi connectivity index (χ0n) is 11.1. The molecule has 0 aliphatic heterocycles. The van der Waals surface area contributed by atoms with Crippen LogP contribution in [-0.2, 0) is 11.2 Å². The molecule has 0 unspecified atom stereocenters. The first kappa shape index (κ1) is 14.9. The standard InChI is InChI=1S/C16H15Cl2NO/c1-11-5-7-12(8-6-11)9-10-15(20)19-16-13(17)3-2-4-14(16)18/h2-8H,9-10H2,1H3,(H,19,20). The Balaban J connectivity index is 1.94. The number of hydrogen-bond acceptors (Lipinski definition) is 1. The summed E-state index contributed by atoms with van der Waals surface area (Å²) < 4.78 is 0. The van der Waals surface area contributed by atoms with Crippen molar-refractivity contribution in [2.45, 2.75) is 19.8 Å². The van der Waals surface area contributed by atoms with Crippen molar-refractivity contribution in [2.24, 2.45) is 0 Å². The van der Waals surface area contributed by atoms with E-state index in [9.17, 15) is 4.79 Å². The van der Waals surface area contributed by atoms with Crippen molar-refractivity contribution in [3.63, 3.8) is 0 Å². The van der Waals surface area contributed by atoms with E-state index >= 15 is 0 Å². The van der Waals surface area contributed by atoms with Gasteiger partial charge in [0.2, 0.25) is 5.91 Å². The lowest BCUT2D eigenvalue weighted by Crippen LogP contribution is -2.13. The van der Waals surface area contributed by atoms with Gasteiger partial charge in [-0.1, -0.05) is 59.1 Å². The Morgan fingerprint density at radius 3 is 2.25 bits per heavy atom. The Labute approximate surface area is 128 Å². The van der Waals surface area contributed by atoms with Crippen LogP contribution >= 0.6 is 23.2 Å². The molecular formula is C16H15Cl2NO. The number of nitrogens with one attached hydrogen (secondary N) is 1. The molecule has 4 heteroatoms. The SMILES string of the molecule is Cc1ccc(CCC(=O)Nc2c(Cl)cccc2Cl)cc1. The van der Waals surface area contributed by atoms with Crippen LogP contribution in [0.3, 0.4) is 0 Å². The lowest BCUT2D eigenvalue weighted by atomic mass is 10.1. The molecular weight excluding hydrogens is 293 g/mol. The van der Waals surface area contributed by atoms with Gasteiger partial charge >= 0.3 is 0 Å². The highest BCUT2D eigenvalue weighted by molar-refractivity contribution is 6.39. The number of para-hydroxylation sites is 1. The smallest absolute Gasteiger partial charge is 0.224 e. The highest BCUT2D eigenvalue weighted by atomic mass is 35.5. The molecule has 0 aliphatic carbocycles. The van der Waals surface area contributed by atoms with E-state index in [0.29, 0.717) is 28.6 Å². The Bertz CT molecular complexity index is 588. The highest BCUT2D eigenvalue weighted by Gasteiger charge is 2.09. The fourth-order valence-electron chi connectivity index (χ4n) is 1.83. The molecule has 2 nitrogen and oxygen atoms in total. The minimum absolute atomic E-state index is 0.0967. The second-order valence-corrected chi connectivity index (χ2v) is 5.44. The molecule has 20 heavy (non-hydrogen) atoms. The molecule has 0 atom stereocenters. The summed E-state index contributed by atoms with van der Waals surface area (Å²) >= 11 is 12.0. The maximum Gasteiger partial charge on any atom is 0.224 e. The van der Waals surface area contributed by atoms with Gasteiger partial charge in [0.15, 0.2) is 0 Å². The van der Waals surface area contributed by atoms with Crippen molar-refractivity contribution < 1.29 is 4.79 Å². The Kier molecular flexibility index (Phi) is 5.05. The van der Waals surface area contributed by atoms with Crippen molar-refractivity contribution >= 4 is 34.8 Å². The van der Waals surface area contributed by atoms with Crippen LogP contribution in [0.1, 0.15) is 17.5 Å². The average molecular weight is 308 g/mol. The van der Waals surface area contributed by atoms with Crippen molar-refractivity contribution in [1.29, 1.82) is 0 Å². The first-order valence-corrected chi connectivity index (χ1v) is 7.11. The number of halogens is 2. The lowest BCUT2D eigenvalue weighted by Gasteiger charge is -2.09. The third-order valence-electron chi connectivity index (χ3n) is 2.99. The van der Waals surface area contributed by atoms with Crippen molar-refractivity contribution in [2.75, 3.05) is 5.32 Å². The largest absolute Gasteiger partial charge is 0.324 e. The Morgan fingerprint density at radius 1 is 1.05 bits per heavy atom. The van der Waals surface area contributed by atoms with Gasteiger partial charge in [-0.15, -0.1) is 0 Å². The molecule has 0 aliphatic rings. The first-order chi connectivity index (χ1) is 9.56. The Morgan fingerprint density at radius 2 is 1.65 bits per heavy atom. The average Bonchev–Trinajstić information content (AvgIpc) is 2.42. The molecule has 1 amide bonds. The van der Waals surface area contributed by atoms with Gasteiger partial charge in [0.25, 0.3) is 0 Å². The molecule has 0 radical (unpaired) electrons. The van der Waals surface area contributed by atoms with Crippen molar-refractivity contribution in [1.82, 2.24) is 0 Å². The number of aryl methyl sites for hydroxylation is 2. The fourth-order valence-corrected chi connectivity index (χ4v) is 2.32. The van der Waals surface area contributed by atoms with Crippen LogP contribution in [0.5, 0.6) is 0 Å². The number of carbonyl (C=O) groups is 1. The number of anilines is 1. The lowest BCUT2D eigenvalue weighted by molar-refractivity contribution is -0.116. The molecule has 2 rings (SSSR count). The molecule has 0 saturated carbocycles. The second kappa shape index (κ2) is 6.78. The summed E-state index contributed by atoms with van der Waals surface area (Å²) in [5.41, 5.74) is 2.82. The molecule has 104 valence electrons. The highest BCUT2D eigenvalue weighted by Crippen LogP contribution is 2.29. The quantitative estimate of drug-likeness (QED) is 0.857. The summed E-state index contributed by atoms with van der Waals surface area (Å²) in [6.45, 7) is 2.04. The molecule has 0 heterocycles. The van der Waals surface area contributed by atoms with Crippen molar-refractivity contribution in [3.8, 4) is 0 Å². The van der Waals surface area contributed by atoms with E-state index in [1.54, 1.807) is 18.2 Å². The number of carbonyl (C=O) groups excluding carboxylic acids is 1. The van der Waals surface area contributed by atoms with E-state index in [-0.39, 0.29) is 5.91 Å². The van der Waals surface area contributed by atoms with Crippen LogP contribution in [-0.4, -0.2) is 5.91 Å². The van der Waals surface area contributed by atoms with E-state index < -0.39 is 0 Å². The molecule has 0 saturated heterocycles. The van der Waals surface area contributed by atoms with Crippen LogP contribution in [0.4, 0.5) is 5.69 Å². The number of benzene rings is 2. The zero-order chi connectivity index (χ0) is 14.5. The minimum atomic E-state index is -0.0967. The van der Waals surface area contributed by atoms with Gasteiger partial charge in [-0.25, -0.2) is 0 Å².